The highest BCUT2D eigenvalue weighted by atomic mass is 16.5. The molecule has 0 spiro atoms. The number of Topliss-reactive ketones (excluding diaryl/α,β-unsaturated/α-hetero) is 1. The second-order valence-corrected chi connectivity index (χ2v) is 9.13. The summed E-state index contributed by atoms with van der Waals surface area (Å²) in [7, 11) is 1.40. The summed E-state index contributed by atoms with van der Waals surface area (Å²) in [6.07, 6.45) is 9.17. The number of allylic oxidation sites excluding steroid dienone is 2. The SMILES string of the molecule is COC(=O)/C=C1/CC[C@@H]2[C@H]3CCC4=CC(=O)CC[C@]4(C)[C@@H]3C(=O)C[C@@]12C. The van der Waals surface area contributed by atoms with Crippen LogP contribution in [0.3, 0.4) is 0 Å². The standard InChI is InChI=1S/C22H28O4/c1-21-9-8-15(23)10-13(21)4-6-16-17-7-5-14(11-19(25)26-3)22(17,2)12-18(24)20(16)21/h10-11,16-17,20H,4-9,12H2,1-3H3/b14-11-/t16-,17-,20+,21+,22+/m1/s1. The molecule has 0 heterocycles. The van der Waals surface area contributed by atoms with Crippen LogP contribution in [-0.2, 0) is 19.1 Å². The molecule has 4 nitrogen and oxygen atoms in total. The summed E-state index contributed by atoms with van der Waals surface area (Å²) in [5, 5.41) is 0. The van der Waals surface area contributed by atoms with Gasteiger partial charge in [-0.05, 0) is 60.8 Å². The summed E-state index contributed by atoms with van der Waals surface area (Å²) in [5.41, 5.74) is 1.93. The molecule has 0 unspecified atom stereocenters. The van der Waals surface area contributed by atoms with Crippen LogP contribution in [0.2, 0.25) is 0 Å². The van der Waals surface area contributed by atoms with E-state index in [4.69, 9.17) is 4.74 Å². The number of esters is 1. The zero-order valence-electron chi connectivity index (χ0n) is 16.0. The number of methoxy groups -OCH3 is 1. The number of fused-ring (bicyclic) bond motifs is 5. The number of ether oxygens (including phenoxy) is 1. The molecule has 0 aliphatic heterocycles. The van der Waals surface area contributed by atoms with Crippen molar-refractivity contribution in [1.82, 2.24) is 0 Å². The van der Waals surface area contributed by atoms with Gasteiger partial charge in [-0.25, -0.2) is 4.79 Å². The van der Waals surface area contributed by atoms with E-state index in [0.717, 1.165) is 37.7 Å². The van der Waals surface area contributed by atoms with Crippen LogP contribution >= 0.6 is 0 Å². The number of rotatable bonds is 1. The molecule has 4 rings (SSSR count). The highest BCUT2D eigenvalue weighted by Gasteiger charge is 2.60. The zero-order chi connectivity index (χ0) is 18.7. The molecule has 0 radical (unpaired) electrons. The molecule has 0 bridgehead atoms. The van der Waals surface area contributed by atoms with Crippen molar-refractivity contribution >= 4 is 17.5 Å². The van der Waals surface area contributed by atoms with Gasteiger partial charge in [-0.2, -0.15) is 0 Å². The Labute approximate surface area is 155 Å². The van der Waals surface area contributed by atoms with Gasteiger partial charge in [-0.3, -0.25) is 9.59 Å². The first-order valence-corrected chi connectivity index (χ1v) is 9.85. The lowest BCUT2D eigenvalue weighted by molar-refractivity contribution is -0.143. The Kier molecular flexibility index (Phi) is 4.01. The largest absolute Gasteiger partial charge is 0.466 e. The smallest absolute Gasteiger partial charge is 0.330 e. The Morgan fingerprint density at radius 2 is 1.92 bits per heavy atom. The number of carbonyl (C=O) groups is 3. The summed E-state index contributed by atoms with van der Waals surface area (Å²) < 4.78 is 4.83. The molecule has 5 atom stereocenters. The summed E-state index contributed by atoms with van der Waals surface area (Å²) in [4.78, 5) is 37.1. The maximum atomic E-state index is 13.4. The van der Waals surface area contributed by atoms with E-state index in [0.29, 0.717) is 30.5 Å². The molecule has 0 aromatic heterocycles. The molecule has 0 saturated heterocycles. The van der Waals surface area contributed by atoms with Gasteiger partial charge in [-0.1, -0.05) is 25.0 Å². The van der Waals surface area contributed by atoms with E-state index in [2.05, 4.69) is 13.8 Å². The van der Waals surface area contributed by atoms with Crippen LogP contribution < -0.4 is 0 Å². The van der Waals surface area contributed by atoms with E-state index in [1.54, 1.807) is 6.08 Å². The van der Waals surface area contributed by atoms with Crippen LogP contribution in [0.4, 0.5) is 0 Å². The van der Waals surface area contributed by atoms with Gasteiger partial charge in [-0.15, -0.1) is 0 Å². The first-order valence-electron chi connectivity index (χ1n) is 9.85. The quantitative estimate of drug-likeness (QED) is 0.530. The second-order valence-electron chi connectivity index (χ2n) is 9.13. The lowest BCUT2D eigenvalue weighted by Gasteiger charge is -2.56. The third kappa shape index (κ3) is 2.37. The molecular formula is C22H28O4. The fourth-order valence-corrected chi connectivity index (χ4v) is 6.67. The normalized spacial score (nSPS) is 43.4. The molecule has 4 aliphatic carbocycles. The molecule has 3 fully saturated rings. The first-order chi connectivity index (χ1) is 12.3. The van der Waals surface area contributed by atoms with E-state index >= 15 is 0 Å². The van der Waals surface area contributed by atoms with Gasteiger partial charge in [0.1, 0.15) is 5.78 Å². The highest BCUT2D eigenvalue weighted by molar-refractivity contribution is 5.93. The molecule has 140 valence electrons. The zero-order valence-corrected chi connectivity index (χ0v) is 16.0. The van der Waals surface area contributed by atoms with Crippen molar-refractivity contribution in [2.24, 2.45) is 28.6 Å². The fraction of sp³-hybridized carbons (Fsp3) is 0.682. The first kappa shape index (κ1) is 17.7. The number of ketones is 2. The lowest BCUT2D eigenvalue weighted by Crippen LogP contribution is -2.54. The van der Waals surface area contributed by atoms with Gasteiger partial charge in [0.15, 0.2) is 5.78 Å². The summed E-state index contributed by atoms with van der Waals surface area (Å²) >= 11 is 0. The van der Waals surface area contributed by atoms with Gasteiger partial charge < -0.3 is 4.74 Å². The lowest BCUT2D eigenvalue weighted by atomic mass is 9.47. The van der Waals surface area contributed by atoms with Crippen LogP contribution in [0.15, 0.2) is 23.3 Å². The average molecular weight is 356 g/mol. The average Bonchev–Trinajstić information content (AvgIpc) is 2.91. The van der Waals surface area contributed by atoms with Crippen molar-refractivity contribution in [3.63, 3.8) is 0 Å². The van der Waals surface area contributed by atoms with Crippen molar-refractivity contribution in [3.05, 3.63) is 23.3 Å². The van der Waals surface area contributed by atoms with E-state index < -0.39 is 0 Å². The Morgan fingerprint density at radius 3 is 2.65 bits per heavy atom. The monoisotopic (exact) mass is 356 g/mol. The fourth-order valence-electron chi connectivity index (χ4n) is 6.67. The molecule has 0 amide bonds. The second kappa shape index (κ2) is 5.90. The highest BCUT2D eigenvalue weighted by Crippen LogP contribution is 2.65. The van der Waals surface area contributed by atoms with Gasteiger partial charge in [0, 0.05) is 24.8 Å². The number of hydrogen-bond acceptors (Lipinski definition) is 4. The minimum Gasteiger partial charge on any atom is -0.466 e. The topological polar surface area (TPSA) is 60.4 Å². The van der Waals surface area contributed by atoms with Crippen molar-refractivity contribution in [2.45, 2.75) is 58.8 Å². The Morgan fingerprint density at radius 1 is 1.15 bits per heavy atom. The number of carbonyl (C=O) groups excluding carboxylic acids is 3. The van der Waals surface area contributed by atoms with Crippen molar-refractivity contribution in [2.75, 3.05) is 7.11 Å². The molecule has 0 aromatic rings. The van der Waals surface area contributed by atoms with Crippen molar-refractivity contribution in [1.29, 1.82) is 0 Å². The van der Waals surface area contributed by atoms with Crippen LogP contribution in [0, 0.1) is 28.6 Å². The van der Waals surface area contributed by atoms with E-state index in [1.807, 2.05) is 6.08 Å². The maximum Gasteiger partial charge on any atom is 0.330 e. The van der Waals surface area contributed by atoms with Crippen molar-refractivity contribution < 1.29 is 19.1 Å². The molecule has 3 saturated carbocycles. The molecule has 26 heavy (non-hydrogen) atoms. The third-order valence-corrected chi connectivity index (χ3v) is 8.00. The van der Waals surface area contributed by atoms with Crippen molar-refractivity contribution in [3.8, 4) is 0 Å². The molecule has 4 aliphatic rings. The Hall–Kier alpha value is -1.71. The Balaban J connectivity index is 1.71. The van der Waals surface area contributed by atoms with Crippen LogP contribution in [0.1, 0.15) is 58.8 Å². The predicted octanol–water partition coefficient (Wildman–Crippen LogP) is 3.80. The predicted molar refractivity (Wildman–Crippen MR) is 97.2 cm³/mol. The molecule has 4 heteroatoms. The maximum absolute atomic E-state index is 13.4. The van der Waals surface area contributed by atoms with Gasteiger partial charge in [0.25, 0.3) is 0 Å². The van der Waals surface area contributed by atoms with Gasteiger partial charge in [0.05, 0.1) is 7.11 Å². The summed E-state index contributed by atoms with van der Waals surface area (Å²) in [5.74, 6) is 1.06. The van der Waals surface area contributed by atoms with Crippen LogP contribution in [0.5, 0.6) is 0 Å². The van der Waals surface area contributed by atoms with Gasteiger partial charge in [0.2, 0.25) is 0 Å². The van der Waals surface area contributed by atoms with Crippen LogP contribution in [-0.4, -0.2) is 24.6 Å². The molecule has 0 N–H and O–H groups in total. The summed E-state index contributed by atoms with van der Waals surface area (Å²) in [6, 6.07) is 0. The summed E-state index contributed by atoms with van der Waals surface area (Å²) in [6.45, 7) is 4.38. The minimum atomic E-state index is -0.317. The van der Waals surface area contributed by atoms with Gasteiger partial charge >= 0.3 is 5.97 Å². The van der Waals surface area contributed by atoms with E-state index in [9.17, 15) is 14.4 Å². The number of hydrogen-bond donors (Lipinski definition) is 0. The van der Waals surface area contributed by atoms with Crippen LogP contribution in [0.25, 0.3) is 0 Å². The Bertz CT molecular complexity index is 745. The van der Waals surface area contributed by atoms with E-state index in [1.165, 1.54) is 12.7 Å². The minimum absolute atomic E-state index is 0.0335. The third-order valence-electron chi connectivity index (χ3n) is 8.00. The molecule has 0 aromatic carbocycles. The molecular weight excluding hydrogens is 328 g/mol. The van der Waals surface area contributed by atoms with E-state index in [-0.39, 0.29) is 28.5 Å².